The first kappa shape index (κ1) is 17.7. The highest BCUT2D eigenvalue weighted by Crippen LogP contribution is 2.33. The average Bonchev–Trinajstić information content (AvgIpc) is 3.52. The summed E-state index contributed by atoms with van der Waals surface area (Å²) in [5, 5.41) is 0. The molecule has 0 bridgehead atoms. The van der Waals surface area contributed by atoms with E-state index in [-0.39, 0.29) is 5.91 Å². The Kier molecular flexibility index (Phi) is 4.92. The highest BCUT2D eigenvalue weighted by Gasteiger charge is 2.33. The van der Waals surface area contributed by atoms with Gasteiger partial charge in [0, 0.05) is 30.5 Å². The number of benzene rings is 2. The van der Waals surface area contributed by atoms with Gasteiger partial charge in [-0.2, -0.15) is 0 Å². The highest BCUT2D eigenvalue weighted by molar-refractivity contribution is 5.83. The molecule has 0 aromatic heterocycles. The minimum atomic E-state index is 0.198. The molecule has 1 fully saturated rings. The zero-order valence-corrected chi connectivity index (χ0v) is 15.9. The molecule has 0 radical (unpaired) electrons. The molecule has 4 rings (SSSR count). The number of fused-ring (bicyclic) bond motifs is 1. The molecule has 2 aromatic rings. The van der Waals surface area contributed by atoms with Crippen molar-refractivity contribution in [3.05, 3.63) is 53.6 Å². The maximum Gasteiger partial charge on any atom is 0.242 e. The number of nitrogen functional groups attached to an aromatic ring is 1. The van der Waals surface area contributed by atoms with Crippen LogP contribution in [-0.2, 0) is 17.8 Å². The Morgan fingerprint density at radius 1 is 1.22 bits per heavy atom. The third-order valence-corrected chi connectivity index (χ3v) is 5.53. The molecule has 2 aromatic carbocycles. The van der Waals surface area contributed by atoms with Gasteiger partial charge in [-0.25, -0.2) is 0 Å². The van der Waals surface area contributed by atoms with Gasteiger partial charge in [-0.05, 0) is 61.1 Å². The van der Waals surface area contributed by atoms with Crippen LogP contribution in [0.4, 0.5) is 11.4 Å². The molecule has 1 heterocycles. The molecule has 142 valence electrons. The van der Waals surface area contributed by atoms with Gasteiger partial charge >= 0.3 is 0 Å². The molecule has 5 nitrogen and oxygen atoms in total. The summed E-state index contributed by atoms with van der Waals surface area (Å²) >= 11 is 0. The van der Waals surface area contributed by atoms with Gasteiger partial charge in [0.15, 0.2) is 0 Å². The minimum absolute atomic E-state index is 0.198. The molecule has 1 aliphatic carbocycles. The number of ether oxygens (including phenoxy) is 1. The van der Waals surface area contributed by atoms with E-state index in [4.69, 9.17) is 10.5 Å². The second-order valence-electron chi connectivity index (χ2n) is 7.47. The molecule has 2 aliphatic rings. The van der Waals surface area contributed by atoms with Crippen LogP contribution in [0.2, 0.25) is 0 Å². The van der Waals surface area contributed by atoms with E-state index in [2.05, 4.69) is 11.0 Å². The number of carbonyl (C=O) groups is 1. The van der Waals surface area contributed by atoms with Crippen molar-refractivity contribution in [2.24, 2.45) is 0 Å². The molecule has 0 saturated heterocycles. The van der Waals surface area contributed by atoms with Crippen molar-refractivity contribution in [1.29, 1.82) is 0 Å². The summed E-state index contributed by atoms with van der Waals surface area (Å²) in [6.07, 6.45) is 4.23. The second kappa shape index (κ2) is 7.51. The van der Waals surface area contributed by atoms with E-state index in [1.807, 2.05) is 41.3 Å². The Hall–Kier alpha value is -2.69. The summed E-state index contributed by atoms with van der Waals surface area (Å²) in [5.74, 6) is 1.04. The summed E-state index contributed by atoms with van der Waals surface area (Å²) in [7, 11) is 1.66. The van der Waals surface area contributed by atoms with Crippen molar-refractivity contribution < 1.29 is 9.53 Å². The molecular formula is C22H27N3O2. The summed E-state index contributed by atoms with van der Waals surface area (Å²) in [6.45, 7) is 1.98. The number of hydrogen-bond donors (Lipinski definition) is 1. The van der Waals surface area contributed by atoms with Gasteiger partial charge in [-0.3, -0.25) is 4.79 Å². The molecule has 0 atom stereocenters. The maximum absolute atomic E-state index is 13.1. The number of methoxy groups -OCH3 is 1. The Bertz CT molecular complexity index is 815. The van der Waals surface area contributed by atoms with Gasteiger partial charge < -0.3 is 20.3 Å². The smallest absolute Gasteiger partial charge is 0.242 e. The lowest BCUT2D eigenvalue weighted by atomic mass is 10.00. The quantitative estimate of drug-likeness (QED) is 0.799. The number of anilines is 2. The molecule has 5 heteroatoms. The number of amides is 1. The fourth-order valence-electron chi connectivity index (χ4n) is 3.88. The predicted molar refractivity (Wildman–Crippen MR) is 108 cm³/mol. The van der Waals surface area contributed by atoms with Crippen LogP contribution in [-0.4, -0.2) is 37.0 Å². The van der Waals surface area contributed by atoms with E-state index < -0.39 is 0 Å². The van der Waals surface area contributed by atoms with Gasteiger partial charge in [-0.15, -0.1) is 0 Å². The van der Waals surface area contributed by atoms with E-state index in [0.717, 1.165) is 54.9 Å². The van der Waals surface area contributed by atoms with Crippen molar-refractivity contribution in [2.45, 2.75) is 38.3 Å². The summed E-state index contributed by atoms with van der Waals surface area (Å²) in [6, 6.07) is 14.4. The molecule has 1 saturated carbocycles. The van der Waals surface area contributed by atoms with Crippen LogP contribution in [0, 0.1) is 0 Å². The fourth-order valence-corrected chi connectivity index (χ4v) is 3.88. The van der Waals surface area contributed by atoms with E-state index >= 15 is 0 Å². The van der Waals surface area contributed by atoms with E-state index in [0.29, 0.717) is 19.1 Å². The lowest BCUT2D eigenvalue weighted by molar-refractivity contribution is -0.130. The summed E-state index contributed by atoms with van der Waals surface area (Å²) in [5.41, 5.74) is 10.4. The van der Waals surface area contributed by atoms with Crippen molar-refractivity contribution in [1.82, 2.24) is 4.90 Å². The van der Waals surface area contributed by atoms with Gasteiger partial charge in [-0.1, -0.05) is 18.2 Å². The molecule has 1 aliphatic heterocycles. The first-order valence-electron chi connectivity index (χ1n) is 9.70. The zero-order valence-electron chi connectivity index (χ0n) is 15.9. The number of nitrogens with two attached hydrogens (primary N) is 1. The molecule has 1 amide bonds. The maximum atomic E-state index is 13.1. The Morgan fingerprint density at radius 2 is 2.00 bits per heavy atom. The number of nitrogens with zero attached hydrogens (tertiary/aromatic N) is 2. The van der Waals surface area contributed by atoms with E-state index in [1.165, 1.54) is 5.56 Å². The van der Waals surface area contributed by atoms with Crippen LogP contribution in [0.3, 0.4) is 0 Å². The topological polar surface area (TPSA) is 58.8 Å². The van der Waals surface area contributed by atoms with E-state index in [1.54, 1.807) is 7.11 Å². The van der Waals surface area contributed by atoms with Crippen molar-refractivity contribution >= 4 is 17.3 Å². The molecular weight excluding hydrogens is 338 g/mol. The van der Waals surface area contributed by atoms with Crippen LogP contribution >= 0.6 is 0 Å². The van der Waals surface area contributed by atoms with Crippen LogP contribution in [0.5, 0.6) is 5.75 Å². The molecule has 2 N–H and O–H groups in total. The number of carbonyl (C=O) groups excluding carboxylic acids is 1. The average molecular weight is 365 g/mol. The monoisotopic (exact) mass is 365 g/mol. The molecule has 0 spiro atoms. The standard InChI is InChI=1S/C22H27N3O2/c1-27-18-11-7-16(8-12-18)14-25(17-9-10-17)22(26)15-24-13-3-4-19-20(23)5-2-6-21(19)24/h2,5-8,11-12,17H,3-4,9-10,13-15,23H2,1H3. The Morgan fingerprint density at radius 3 is 2.70 bits per heavy atom. The third kappa shape index (κ3) is 3.87. The Balaban J connectivity index is 1.48. The van der Waals surface area contributed by atoms with Gasteiger partial charge in [0.1, 0.15) is 5.75 Å². The van der Waals surface area contributed by atoms with E-state index in [9.17, 15) is 4.79 Å². The van der Waals surface area contributed by atoms with Gasteiger partial charge in [0.05, 0.1) is 13.7 Å². The lowest BCUT2D eigenvalue weighted by Gasteiger charge is -2.33. The second-order valence-corrected chi connectivity index (χ2v) is 7.47. The van der Waals surface area contributed by atoms with Crippen LogP contribution in [0.1, 0.15) is 30.4 Å². The van der Waals surface area contributed by atoms with Crippen molar-refractivity contribution in [2.75, 3.05) is 30.8 Å². The summed E-state index contributed by atoms with van der Waals surface area (Å²) in [4.78, 5) is 17.4. The van der Waals surface area contributed by atoms with Crippen LogP contribution in [0.25, 0.3) is 0 Å². The molecule has 0 unspecified atom stereocenters. The minimum Gasteiger partial charge on any atom is -0.497 e. The lowest BCUT2D eigenvalue weighted by Crippen LogP contribution is -2.43. The first-order chi connectivity index (χ1) is 13.2. The molecule has 27 heavy (non-hydrogen) atoms. The fraction of sp³-hybridized carbons (Fsp3) is 0.409. The highest BCUT2D eigenvalue weighted by atomic mass is 16.5. The predicted octanol–water partition coefficient (Wildman–Crippen LogP) is 3.22. The van der Waals surface area contributed by atoms with Crippen molar-refractivity contribution in [3.8, 4) is 5.75 Å². The normalized spacial score (nSPS) is 16.0. The van der Waals surface area contributed by atoms with Crippen LogP contribution < -0.4 is 15.4 Å². The Labute approximate surface area is 160 Å². The number of hydrogen-bond acceptors (Lipinski definition) is 4. The summed E-state index contributed by atoms with van der Waals surface area (Å²) < 4.78 is 5.23. The van der Waals surface area contributed by atoms with Crippen LogP contribution in [0.15, 0.2) is 42.5 Å². The SMILES string of the molecule is COc1ccc(CN(C(=O)CN2CCCc3c(N)cccc32)C2CC2)cc1. The zero-order chi connectivity index (χ0) is 18.8. The third-order valence-electron chi connectivity index (χ3n) is 5.53. The van der Waals surface area contributed by atoms with Gasteiger partial charge in [0.25, 0.3) is 0 Å². The number of rotatable bonds is 6. The van der Waals surface area contributed by atoms with Crippen molar-refractivity contribution in [3.63, 3.8) is 0 Å². The first-order valence-corrected chi connectivity index (χ1v) is 9.70. The largest absolute Gasteiger partial charge is 0.497 e. The van der Waals surface area contributed by atoms with Gasteiger partial charge in [0.2, 0.25) is 5.91 Å².